The zero-order valence-electron chi connectivity index (χ0n) is 9.34. The lowest BCUT2D eigenvalue weighted by atomic mass is 10.3. The van der Waals surface area contributed by atoms with Crippen molar-refractivity contribution in [2.45, 2.75) is 0 Å². The van der Waals surface area contributed by atoms with Crippen molar-refractivity contribution >= 4 is 17.8 Å². The minimum atomic E-state index is -0.914. The number of para-hydroxylation sites is 1. The number of H-pyrrole nitrogens is 1. The first-order valence-corrected chi connectivity index (χ1v) is 5.32. The van der Waals surface area contributed by atoms with E-state index in [1.165, 1.54) is 11.8 Å². The maximum atomic E-state index is 11.7. The molecule has 6 nitrogen and oxygen atoms in total. The van der Waals surface area contributed by atoms with Crippen LogP contribution in [0.15, 0.2) is 35.1 Å². The lowest BCUT2D eigenvalue weighted by Crippen LogP contribution is -2.13. The fourth-order valence-electron chi connectivity index (χ4n) is 1.37. The van der Waals surface area contributed by atoms with Gasteiger partial charge in [0.05, 0.1) is 23.9 Å². The molecule has 1 N–H and O–H groups in total. The smallest absolute Gasteiger partial charge is 0.437 e. The molecule has 2 rings (SSSR count). The Kier molecular flexibility index (Phi) is 3.38. The van der Waals surface area contributed by atoms with Gasteiger partial charge < -0.3 is 9.47 Å². The first kappa shape index (κ1) is 12.3. The lowest BCUT2D eigenvalue weighted by Gasteiger charge is -2.03. The molecule has 94 valence electrons. The number of hydrogen-bond donors (Lipinski definition) is 1. The molecule has 0 amide bonds. The second kappa shape index (κ2) is 4.97. The van der Waals surface area contributed by atoms with Crippen molar-refractivity contribution in [2.75, 3.05) is 7.11 Å². The SMILES string of the molecule is COC(=O)Oc1cc(=O)n(-c2ccccc2Cl)[nH]1. The van der Waals surface area contributed by atoms with Gasteiger partial charge in [0.15, 0.2) is 0 Å². The molecule has 18 heavy (non-hydrogen) atoms. The normalized spacial score (nSPS) is 10.1. The molecule has 1 aromatic carbocycles. The standard InChI is InChI=1S/C11H9ClN2O4/c1-17-11(16)18-9-6-10(15)14(13-9)8-5-3-2-4-7(8)12/h2-6,13H,1H3. The summed E-state index contributed by atoms with van der Waals surface area (Å²) in [5.41, 5.74) is 0.0610. The van der Waals surface area contributed by atoms with Crippen molar-refractivity contribution in [1.82, 2.24) is 9.78 Å². The summed E-state index contributed by atoms with van der Waals surface area (Å²) in [6, 6.07) is 7.90. The van der Waals surface area contributed by atoms with Gasteiger partial charge in [-0.25, -0.2) is 9.48 Å². The van der Waals surface area contributed by atoms with Crippen molar-refractivity contribution in [3.63, 3.8) is 0 Å². The number of aromatic amines is 1. The van der Waals surface area contributed by atoms with Crippen molar-refractivity contribution in [1.29, 1.82) is 0 Å². The number of hydrogen-bond acceptors (Lipinski definition) is 4. The predicted molar refractivity (Wildman–Crippen MR) is 64.4 cm³/mol. The van der Waals surface area contributed by atoms with Crippen molar-refractivity contribution < 1.29 is 14.3 Å². The van der Waals surface area contributed by atoms with E-state index < -0.39 is 11.7 Å². The van der Waals surface area contributed by atoms with Crippen LogP contribution in [0.4, 0.5) is 4.79 Å². The van der Waals surface area contributed by atoms with Gasteiger partial charge in [0, 0.05) is 0 Å². The molecule has 1 heterocycles. The molecule has 0 saturated heterocycles. The van der Waals surface area contributed by atoms with E-state index in [4.69, 9.17) is 16.3 Å². The topological polar surface area (TPSA) is 73.3 Å². The summed E-state index contributed by atoms with van der Waals surface area (Å²) in [5.74, 6) is -0.0215. The Morgan fingerprint density at radius 2 is 2.11 bits per heavy atom. The van der Waals surface area contributed by atoms with Gasteiger partial charge in [-0.2, -0.15) is 0 Å². The van der Waals surface area contributed by atoms with Crippen LogP contribution < -0.4 is 10.3 Å². The molecule has 1 aromatic heterocycles. The van der Waals surface area contributed by atoms with Crippen LogP contribution in [0.2, 0.25) is 5.02 Å². The summed E-state index contributed by atoms with van der Waals surface area (Å²) >= 11 is 5.96. The van der Waals surface area contributed by atoms with Crippen LogP contribution >= 0.6 is 11.6 Å². The molecule has 0 radical (unpaired) electrons. The summed E-state index contributed by atoms with van der Waals surface area (Å²) < 4.78 is 10.2. The Bertz CT molecular complexity index is 632. The summed E-state index contributed by atoms with van der Waals surface area (Å²) in [5, 5.41) is 2.99. The minimum Gasteiger partial charge on any atom is -0.437 e. The molecule has 7 heteroatoms. The molecular weight excluding hydrogens is 260 g/mol. The van der Waals surface area contributed by atoms with Crippen LogP contribution in [-0.4, -0.2) is 23.0 Å². The number of halogens is 1. The quantitative estimate of drug-likeness (QED) is 0.845. The zero-order chi connectivity index (χ0) is 13.1. The van der Waals surface area contributed by atoms with E-state index in [1.807, 2.05) is 0 Å². The van der Waals surface area contributed by atoms with E-state index >= 15 is 0 Å². The second-order valence-corrected chi connectivity index (χ2v) is 3.71. The Morgan fingerprint density at radius 1 is 1.39 bits per heavy atom. The van der Waals surface area contributed by atoms with Gasteiger partial charge in [-0.05, 0) is 12.1 Å². The number of carbonyl (C=O) groups excluding carboxylic acids is 1. The number of carbonyl (C=O) groups is 1. The number of nitrogens with zero attached hydrogens (tertiary/aromatic N) is 1. The molecule has 0 aliphatic heterocycles. The van der Waals surface area contributed by atoms with Crippen LogP contribution in [0, 0.1) is 0 Å². The molecule has 0 aliphatic carbocycles. The Labute approximate surface area is 107 Å². The molecule has 0 spiro atoms. The van der Waals surface area contributed by atoms with Gasteiger partial charge in [0.1, 0.15) is 0 Å². The fraction of sp³-hybridized carbons (Fsp3) is 0.0909. The number of methoxy groups -OCH3 is 1. The van der Waals surface area contributed by atoms with E-state index in [-0.39, 0.29) is 5.88 Å². The van der Waals surface area contributed by atoms with E-state index in [0.717, 1.165) is 6.07 Å². The highest BCUT2D eigenvalue weighted by Crippen LogP contribution is 2.18. The van der Waals surface area contributed by atoms with E-state index in [2.05, 4.69) is 9.84 Å². The summed E-state index contributed by atoms with van der Waals surface area (Å²) in [4.78, 5) is 22.6. The highest BCUT2D eigenvalue weighted by Gasteiger charge is 2.11. The first-order chi connectivity index (χ1) is 8.61. The molecular formula is C11H9ClN2O4. The lowest BCUT2D eigenvalue weighted by molar-refractivity contribution is 0.119. The van der Waals surface area contributed by atoms with E-state index in [0.29, 0.717) is 10.7 Å². The average molecular weight is 269 g/mol. The number of benzene rings is 1. The molecule has 0 fully saturated rings. The summed E-state index contributed by atoms with van der Waals surface area (Å²) in [6.07, 6.45) is -0.914. The maximum absolute atomic E-state index is 11.7. The summed E-state index contributed by atoms with van der Waals surface area (Å²) in [7, 11) is 1.17. The Hall–Kier alpha value is -2.21. The molecule has 2 aromatic rings. The largest absolute Gasteiger partial charge is 0.514 e. The van der Waals surface area contributed by atoms with Crippen LogP contribution in [0.25, 0.3) is 5.69 Å². The minimum absolute atomic E-state index is 0.0215. The van der Waals surface area contributed by atoms with Gasteiger partial charge in [-0.3, -0.25) is 9.89 Å². The number of rotatable bonds is 2. The van der Waals surface area contributed by atoms with Gasteiger partial charge in [-0.15, -0.1) is 0 Å². The second-order valence-electron chi connectivity index (χ2n) is 3.30. The van der Waals surface area contributed by atoms with Crippen LogP contribution in [0.3, 0.4) is 0 Å². The highest BCUT2D eigenvalue weighted by molar-refractivity contribution is 6.32. The maximum Gasteiger partial charge on any atom is 0.514 e. The predicted octanol–water partition coefficient (Wildman–Crippen LogP) is 1.96. The number of aromatic nitrogens is 2. The average Bonchev–Trinajstić information content (AvgIpc) is 2.70. The highest BCUT2D eigenvalue weighted by atomic mass is 35.5. The number of ether oxygens (including phenoxy) is 2. The first-order valence-electron chi connectivity index (χ1n) is 4.94. The zero-order valence-corrected chi connectivity index (χ0v) is 10.1. The molecule has 0 aliphatic rings. The van der Waals surface area contributed by atoms with Gasteiger partial charge in [-0.1, -0.05) is 23.7 Å². The van der Waals surface area contributed by atoms with Crippen LogP contribution in [0.1, 0.15) is 0 Å². The summed E-state index contributed by atoms with van der Waals surface area (Å²) in [6.45, 7) is 0. The Morgan fingerprint density at radius 3 is 2.78 bits per heavy atom. The fourth-order valence-corrected chi connectivity index (χ4v) is 1.59. The monoisotopic (exact) mass is 268 g/mol. The van der Waals surface area contributed by atoms with Gasteiger partial charge in [0.25, 0.3) is 5.56 Å². The molecule has 0 bridgehead atoms. The molecule has 0 saturated carbocycles. The molecule has 0 atom stereocenters. The van der Waals surface area contributed by atoms with Crippen molar-refractivity contribution in [2.24, 2.45) is 0 Å². The third-order valence-corrected chi connectivity index (χ3v) is 2.47. The van der Waals surface area contributed by atoms with E-state index in [1.54, 1.807) is 24.3 Å². The van der Waals surface area contributed by atoms with Crippen molar-refractivity contribution in [3.8, 4) is 11.6 Å². The van der Waals surface area contributed by atoms with Gasteiger partial charge in [0.2, 0.25) is 5.88 Å². The molecule has 0 unspecified atom stereocenters. The van der Waals surface area contributed by atoms with Crippen LogP contribution in [0.5, 0.6) is 5.88 Å². The van der Waals surface area contributed by atoms with Crippen LogP contribution in [-0.2, 0) is 4.74 Å². The van der Waals surface area contributed by atoms with Gasteiger partial charge >= 0.3 is 6.16 Å². The third kappa shape index (κ3) is 2.38. The van der Waals surface area contributed by atoms with E-state index in [9.17, 15) is 9.59 Å². The number of nitrogens with one attached hydrogen (secondary N) is 1. The Balaban J connectivity index is 2.39. The third-order valence-electron chi connectivity index (χ3n) is 2.15. The van der Waals surface area contributed by atoms with Crippen molar-refractivity contribution in [3.05, 3.63) is 45.7 Å².